The van der Waals surface area contributed by atoms with Gasteiger partial charge in [0, 0.05) is 33.3 Å². The zero-order valence-electron chi connectivity index (χ0n) is 20.1. The van der Waals surface area contributed by atoms with E-state index in [4.69, 9.17) is 10.1 Å². The van der Waals surface area contributed by atoms with Crippen LogP contribution in [0.2, 0.25) is 0 Å². The van der Waals surface area contributed by atoms with Crippen molar-refractivity contribution in [1.82, 2.24) is 4.98 Å². The summed E-state index contributed by atoms with van der Waals surface area (Å²) < 4.78 is 0. The minimum atomic E-state index is -0.125. The van der Waals surface area contributed by atoms with Crippen molar-refractivity contribution in [3.63, 3.8) is 0 Å². The maximum atomic E-state index is 10.0. The first-order chi connectivity index (χ1) is 15.2. The first kappa shape index (κ1) is 26.8. The van der Waals surface area contributed by atoms with Gasteiger partial charge in [-0.2, -0.15) is 0 Å². The molecule has 174 valence electrons. The molecule has 0 spiro atoms. The van der Waals surface area contributed by atoms with E-state index >= 15 is 0 Å². The summed E-state index contributed by atoms with van der Waals surface area (Å²) in [4.78, 5) is 14.7. The van der Waals surface area contributed by atoms with E-state index in [1.54, 1.807) is 0 Å². The average molecular weight is 619 g/mol. The van der Waals surface area contributed by atoms with Crippen molar-refractivity contribution in [2.24, 2.45) is 0 Å². The number of nitrogens with zero attached hydrogens (tertiary/aromatic N) is 1. The van der Waals surface area contributed by atoms with Gasteiger partial charge in [0.2, 0.25) is 0 Å². The van der Waals surface area contributed by atoms with Gasteiger partial charge in [-0.05, 0) is 37.4 Å². The van der Waals surface area contributed by atoms with Gasteiger partial charge in [-0.3, -0.25) is 4.79 Å². The fourth-order valence-electron chi connectivity index (χ4n) is 4.47. The molecule has 0 radical (unpaired) electrons. The number of hydrogen-bond donors (Lipinski definition) is 1. The molecule has 0 saturated carbocycles. The van der Waals surface area contributed by atoms with Crippen LogP contribution in [0.15, 0.2) is 66.6 Å². The van der Waals surface area contributed by atoms with Gasteiger partial charge in [0.1, 0.15) is 0 Å². The molecule has 2 aromatic carbocycles. The summed E-state index contributed by atoms with van der Waals surface area (Å²) in [6.07, 6.45) is 3.06. The summed E-state index contributed by atoms with van der Waals surface area (Å²) in [6, 6.07) is 20.9. The van der Waals surface area contributed by atoms with Crippen LogP contribution in [0.1, 0.15) is 64.5 Å². The van der Waals surface area contributed by atoms with E-state index in [1.807, 2.05) is 12.3 Å². The Morgan fingerprint density at radius 2 is 1.58 bits per heavy atom. The molecule has 4 rings (SSSR count). The van der Waals surface area contributed by atoms with Crippen molar-refractivity contribution in [3.05, 3.63) is 83.8 Å². The summed E-state index contributed by atoms with van der Waals surface area (Å²) in [5.74, 6) is 0.920. The number of aromatic nitrogens is 1. The average Bonchev–Trinajstić information content (AvgIpc) is 3.07. The van der Waals surface area contributed by atoms with Gasteiger partial charge in [-0.15, -0.1) is 35.3 Å². The number of benzene rings is 2. The minimum Gasteiger partial charge on any atom is -0.512 e. The summed E-state index contributed by atoms with van der Waals surface area (Å²) in [5, 5.41) is 8.36. The Morgan fingerprint density at radius 1 is 0.970 bits per heavy atom. The molecule has 2 heterocycles. The minimum absolute atomic E-state index is 0. The molecule has 1 N–H and O–H groups in total. The van der Waals surface area contributed by atoms with Gasteiger partial charge in [-0.25, -0.2) is 0 Å². The molecular formula is C28H31BNO2Pt-. The summed E-state index contributed by atoms with van der Waals surface area (Å²) in [6.45, 7) is 12.3. The second-order valence-corrected chi connectivity index (χ2v) is 8.93. The molecule has 0 saturated heterocycles. The Hall–Kier alpha value is -2.45. The third kappa shape index (κ3) is 5.92. The van der Waals surface area contributed by atoms with Crippen molar-refractivity contribution < 1.29 is 31.0 Å². The van der Waals surface area contributed by atoms with Crippen LogP contribution in [0, 0.1) is 6.07 Å². The number of allylic oxidation sites excluding steroid dienone is 2. The topological polar surface area (TPSA) is 50.2 Å². The molecule has 33 heavy (non-hydrogen) atoms. The SMILES string of the molecule is CC(=O)/C=C(/C)O.CC(C)c1cccc(C(C)C)c1B1c2ccc[c-]c2-c2ncccc21.[Pt]. The number of aliphatic hydroxyl groups is 1. The zero-order chi connectivity index (χ0) is 23.4. The molecule has 0 atom stereocenters. The van der Waals surface area contributed by atoms with Gasteiger partial charge in [-0.1, -0.05) is 74.0 Å². The standard InChI is InChI=1S/C23H23BN.C5H8O2.Pt/c1-15(2)17-10-7-11-18(16(3)4)22(17)24-20-12-6-5-9-19(20)23-21(24)13-8-14-25-23;1-4(6)3-5(2)7;/h5-8,10-16H,1-4H3;3,6H,1-2H3;/q-1;;/b;4-3-;. The summed E-state index contributed by atoms with van der Waals surface area (Å²) in [7, 11) is 0. The van der Waals surface area contributed by atoms with Crippen LogP contribution >= 0.6 is 0 Å². The summed E-state index contributed by atoms with van der Waals surface area (Å²) >= 11 is 0. The molecule has 0 unspecified atom stereocenters. The van der Waals surface area contributed by atoms with Crippen LogP contribution in [0.3, 0.4) is 0 Å². The number of fused-ring (bicyclic) bond motifs is 3. The molecule has 0 fully saturated rings. The Kier molecular flexibility index (Phi) is 9.43. The van der Waals surface area contributed by atoms with E-state index in [0.29, 0.717) is 11.8 Å². The van der Waals surface area contributed by atoms with Crippen LogP contribution < -0.4 is 16.4 Å². The predicted molar refractivity (Wildman–Crippen MR) is 135 cm³/mol. The van der Waals surface area contributed by atoms with Crippen molar-refractivity contribution >= 4 is 28.9 Å². The second kappa shape index (κ2) is 11.6. The Bertz CT molecular complexity index is 1080. The first-order valence-corrected chi connectivity index (χ1v) is 11.2. The van der Waals surface area contributed by atoms with Gasteiger partial charge in [0.05, 0.1) is 5.76 Å². The molecule has 0 aliphatic carbocycles. The normalized spacial score (nSPS) is 12.0. The molecule has 3 nitrogen and oxygen atoms in total. The number of pyridine rings is 1. The van der Waals surface area contributed by atoms with Gasteiger partial charge >= 0.3 is 0 Å². The van der Waals surface area contributed by atoms with Gasteiger partial charge < -0.3 is 10.1 Å². The number of ketones is 1. The molecule has 3 aromatic rings. The molecule has 0 amide bonds. The maximum absolute atomic E-state index is 10.0. The molecule has 1 aliphatic heterocycles. The van der Waals surface area contributed by atoms with Gasteiger partial charge in [0.25, 0.3) is 0 Å². The first-order valence-electron chi connectivity index (χ1n) is 11.2. The Balaban J connectivity index is 0.000000423. The molecule has 0 bridgehead atoms. The number of carbonyl (C=O) groups excluding carboxylic acids is 1. The van der Waals surface area contributed by atoms with Gasteiger partial charge in [0.15, 0.2) is 12.5 Å². The van der Waals surface area contributed by atoms with Crippen LogP contribution in [0.4, 0.5) is 0 Å². The van der Waals surface area contributed by atoms with Crippen molar-refractivity contribution in [2.45, 2.75) is 53.4 Å². The molecule has 1 aliphatic rings. The van der Waals surface area contributed by atoms with E-state index in [0.717, 1.165) is 11.3 Å². The zero-order valence-corrected chi connectivity index (χ0v) is 22.4. The van der Waals surface area contributed by atoms with E-state index < -0.39 is 0 Å². The van der Waals surface area contributed by atoms with E-state index in [9.17, 15) is 4.79 Å². The number of hydrogen-bond acceptors (Lipinski definition) is 3. The molecule has 5 heteroatoms. The van der Waals surface area contributed by atoms with E-state index in [2.05, 4.69) is 76.2 Å². The second-order valence-electron chi connectivity index (χ2n) is 8.93. The van der Waals surface area contributed by atoms with E-state index in [-0.39, 0.29) is 39.3 Å². The van der Waals surface area contributed by atoms with Crippen LogP contribution in [0.25, 0.3) is 11.3 Å². The fraction of sp³-hybridized carbons (Fsp3) is 0.286. The van der Waals surface area contributed by atoms with Crippen molar-refractivity contribution in [1.29, 1.82) is 0 Å². The van der Waals surface area contributed by atoms with Crippen molar-refractivity contribution in [3.8, 4) is 11.3 Å². The molecule has 1 aromatic heterocycles. The Labute approximate surface area is 212 Å². The quantitative estimate of drug-likeness (QED) is 0.157. The maximum Gasteiger partial charge on any atom is 0.182 e. The van der Waals surface area contributed by atoms with Crippen molar-refractivity contribution in [2.75, 3.05) is 0 Å². The number of rotatable bonds is 4. The Morgan fingerprint density at radius 3 is 2.09 bits per heavy atom. The summed E-state index contributed by atoms with van der Waals surface area (Å²) in [5.41, 5.74) is 9.28. The third-order valence-electron chi connectivity index (χ3n) is 5.70. The van der Waals surface area contributed by atoms with Crippen LogP contribution in [-0.4, -0.2) is 22.6 Å². The largest absolute Gasteiger partial charge is 0.512 e. The number of carbonyl (C=O) groups is 1. The van der Waals surface area contributed by atoms with Crippen LogP contribution in [-0.2, 0) is 25.9 Å². The molecular weight excluding hydrogens is 588 g/mol. The smallest absolute Gasteiger partial charge is 0.182 e. The number of aliphatic hydroxyl groups excluding tert-OH is 1. The monoisotopic (exact) mass is 619 g/mol. The third-order valence-corrected chi connectivity index (χ3v) is 5.70. The van der Waals surface area contributed by atoms with Crippen LogP contribution in [0.5, 0.6) is 0 Å². The van der Waals surface area contributed by atoms with E-state index in [1.165, 1.54) is 47.4 Å². The fourth-order valence-corrected chi connectivity index (χ4v) is 4.47. The predicted octanol–water partition coefficient (Wildman–Crippen LogP) is 4.66.